The van der Waals surface area contributed by atoms with Crippen LogP contribution in [-0.4, -0.2) is 25.7 Å². The Hall–Kier alpha value is -2.49. The highest BCUT2D eigenvalue weighted by Gasteiger charge is 2.13. The van der Waals surface area contributed by atoms with Gasteiger partial charge in [-0.25, -0.2) is 0 Å². The van der Waals surface area contributed by atoms with Gasteiger partial charge in [-0.15, -0.1) is 0 Å². The summed E-state index contributed by atoms with van der Waals surface area (Å²) in [4.78, 5) is 12.2. The van der Waals surface area contributed by atoms with Crippen LogP contribution in [0.15, 0.2) is 42.5 Å². The molecular formula is C22H29NO3. The molecule has 0 aliphatic rings. The molecule has 0 aromatic heterocycles. The lowest BCUT2D eigenvalue weighted by molar-refractivity contribution is 0.0947. The first-order chi connectivity index (χ1) is 12.3. The zero-order valence-corrected chi connectivity index (χ0v) is 16.4. The molecule has 0 saturated heterocycles. The van der Waals surface area contributed by atoms with Crippen LogP contribution in [0.3, 0.4) is 0 Å². The van der Waals surface area contributed by atoms with Gasteiger partial charge in [0.15, 0.2) is 0 Å². The minimum atomic E-state index is -0.108. The molecule has 2 aromatic carbocycles. The third kappa shape index (κ3) is 5.51. The molecule has 4 nitrogen and oxygen atoms in total. The Labute approximate surface area is 156 Å². The lowest BCUT2D eigenvalue weighted by Crippen LogP contribution is -2.28. The van der Waals surface area contributed by atoms with E-state index in [1.807, 2.05) is 38.1 Å². The van der Waals surface area contributed by atoms with E-state index in [0.29, 0.717) is 25.3 Å². The van der Waals surface area contributed by atoms with Crippen molar-refractivity contribution in [1.82, 2.24) is 5.32 Å². The van der Waals surface area contributed by atoms with Gasteiger partial charge in [0.2, 0.25) is 0 Å². The second-order valence-electron chi connectivity index (χ2n) is 7.29. The van der Waals surface area contributed by atoms with Gasteiger partial charge < -0.3 is 14.8 Å². The largest absolute Gasteiger partial charge is 0.494 e. The van der Waals surface area contributed by atoms with Gasteiger partial charge in [0.25, 0.3) is 5.91 Å². The number of amides is 1. The number of carbonyl (C=O) groups excluding carboxylic acids is 1. The molecule has 0 heterocycles. The van der Waals surface area contributed by atoms with Crippen LogP contribution in [0.1, 0.15) is 49.2 Å². The van der Waals surface area contributed by atoms with Crippen molar-refractivity contribution in [3.63, 3.8) is 0 Å². The zero-order chi connectivity index (χ0) is 19.2. The van der Waals surface area contributed by atoms with E-state index < -0.39 is 0 Å². The molecule has 2 rings (SSSR count). The van der Waals surface area contributed by atoms with Crippen LogP contribution in [0.2, 0.25) is 0 Å². The first-order valence-corrected chi connectivity index (χ1v) is 9.06. The van der Waals surface area contributed by atoms with Crippen LogP contribution in [-0.2, 0) is 5.41 Å². The Balaban J connectivity index is 1.80. The fraction of sp³-hybridized carbons (Fsp3) is 0.409. The summed E-state index contributed by atoms with van der Waals surface area (Å²) in [6.07, 6.45) is 0. The third-order valence-electron chi connectivity index (χ3n) is 4.11. The first-order valence-electron chi connectivity index (χ1n) is 9.06. The number of ether oxygens (including phenoxy) is 2. The minimum absolute atomic E-state index is 0.108. The highest BCUT2D eigenvalue weighted by atomic mass is 16.5. The van der Waals surface area contributed by atoms with E-state index in [1.165, 1.54) is 5.56 Å². The molecule has 4 heteroatoms. The topological polar surface area (TPSA) is 47.6 Å². The molecule has 1 N–H and O–H groups in total. The Morgan fingerprint density at radius 2 is 1.73 bits per heavy atom. The van der Waals surface area contributed by atoms with Gasteiger partial charge in [0.1, 0.15) is 18.1 Å². The summed E-state index contributed by atoms with van der Waals surface area (Å²) in [5, 5.41) is 2.88. The van der Waals surface area contributed by atoms with Gasteiger partial charge >= 0.3 is 0 Å². The predicted octanol–water partition coefficient (Wildman–Crippen LogP) is 4.50. The molecule has 0 saturated carbocycles. The molecule has 0 fully saturated rings. The van der Waals surface area contributed by atoms with Crippen molar-refractivity contribution in [2.45, 2.75) is 40.0 Å². The Morgan fingerprint density at radius 1 is 1.04 bits per heavy atom. The molecule has 0 aliphatic carbocycles. The van der Waals surface area contributed by atoms with Gasteiger partial charge in [-0.2, -0.15) is 0 Å². The lowest BCUT2D eigenvalue weighted by atomic mass is 9.87. The van der Waals surface area contributed by atoms with E-state index in [4.69, 9.17) is 9.47 Å². The quantitative estimate of drug-likeness (QED) is 0.744. The van der Waals surface area contributed by atoms with Crippen molar-refractivity contribution >= 4 is 5.91 Å². The summed E-state index contributed by atoms with van der Waals surface area (Å²) >= 11 is 0. The molecular weight excluding hydrogens is 326 g/mol. The van der Waals surface area contributed by atoms with Crippen LogP contribution in [0, 0.1) is 6.92 Å². The van der Waals surface area contributed by atoms with Gasteiger partial charge in [-0.3, -0.25) is 4.79 Å². The molecule has 2 aromatic rings. The van der Waals surface area contributed by atoms with Gasteiger partial charge in [0.05, 0.1) is 13.2 Å². The molecule has 0 bridgehead atoms. The summed E-state index contributed by atoms with van der Waals surface area (Å²) in [6.45, 7) is 11.9. The summed E-state index contributed by atoms with van der Waals surface area (Å²) in [5.74, 6) is 1.51. The maximum absolute atomic E-state index is 12.2. The monoisotopic (exact) mass is 355 g/mol. The van der Waals surface area contributed by atoms with Crippen LogP contribution < -0.4 is 14.8 Å². The second-order valence-corrected chi connectivity index (χ2v) is 7.29. The molecule has 0 unspecified atom stereocenters. The normalized spacial score (nSPS) is 11.1. The Bertz CT molecular complexity index is 730. The average molecular weight is 355 g/mol. The van der Waals surface area contributed by atoms with E-state index in [2.05, 4.69) is 38.2 Å². The minimum Gasteiger partial charge on any atom is -0.494 e. The van der Waals surface area contributed by atoms with Crippen molar-refractivity contribution < 1.29 is 14.3 Å². The first kappa shape index (κ1) is 19.8. The molecule has 0 atom stereocenters. The van der Waals surface area contributed by atoms with E-state index in [-0.39, 0.29) is 11.3 Å². The van der Waals surface area contributed by atoms with Crippen LogP contribution in [0.4, 0.5) is 0 Å². The van der Waals surface area contributed by atoms with Crippen molar-refractivity contribution in [1.29, 1.82) is 0 Å². The number of hydrogen-bond acceptors (Lipinski definition) is 3. The van der Waals surface area contributed by atoms with Gasteiger partial charge in [-0.1, -0.05) is 32.9 Å². The average Bonchev–Trinajstić information content (AvgIpc) is 2.60. The number of hydrogen-bond donors (Lipinski definition) is 1. The highest BCUT2D eigenvalue weighted by Crippen LogP contribution is 2.24. The van der Waals surface area contributed by atoms with Crippen LogP contribution in [0.5, 0.6) is 11.5 Å². The fourth-order valence-corrected chi connectivity index (χ4v) is 2.59. The maximum atomic E-state index is 12.2. The van der Waals surface area contributed by atoms with Crippen molar-refractivity contribution in [2.24, 2.45) is 0 Å². The smallest absolute Gasteiger partial charge is 0.251 e. The molecule has 0 radical (unpaired) electrons. The second kappa shape index (κ2) is 8.75. The van der Waals surface area contributed by atoms with Crippen LogP contribution in [0.25, 0.3) is 0 Å². The number of carbonyl (C=O) groups is 1. The summed E-state index contributed by atoms with van der Waals surface area (Å²) < 4.78 is 11.2. The molecule has 140 valence electrons. The van der Waals surface area contributed by atoms with Crippen molar-refractivity contribution in [2.75, 3.05) is 19.8 Å². The van der Waals surface area contributed by atoms with Crippen molar-refractivity contribution in [3.8, 4) is 11.5 Å². The Morgan fingerprint density at radius 3 is 2.31 bits per heavy atom. The maximum Gasteiger partial charge on any atom is 0.251 e. The van der Waals surface area contributed by atoms with E-state index >= 15 is 0 Å². The highest BCUT2D eigenvalue weighted by molar-refractivity contribution is 5.94. The fourth-order valence-electron chi connectivity index (χ4n) is 2.59. The summed E-state index contributed by atoms with van der Waals surface area (Å²) in [7, 11) is 0. The predicted molar refractivity (Wildman–Crippen MR) is 105 cm³/mol. The zero-order valence-electron chi connectivity index (χ0n) is 16.4. The van der Waals surface area contributed by atoms with Crippen molar-refractivity contribution in [3.05, 3.63) is 59.2 Å². The standard InChI is InChI=1S/C22H29NO3/c1-6-25-20-12-7-17(15-16(20)2)21(24)23-13-14-26-19-10-8-18(9-11-19)22(3,4)5/h7-12,15H,6,13-14H2,1-5H3,(H,23,24). The molecule has 1 amide bonds. The molecule has 26 heavy (non-hydrogen) atoms. The van der Waals surface area contributed by atoms with Crippen LogP contribution >= 0.6 is 0 Å². The van der Waals surface area contributed by atoms with Gasteiger partial charge in [-0.05, 0) is 60.7 Å². The number of aryl methyl sites for hydroxylation is 1. The Kier molecular flexibility index (Phi) is 6.67. The van der Waals surface area contributed by atoms with Gasteiger partial charge in [0, 0.05) is 5.56 Å². The third-order valence-corrected chi connectivity index (χ3v) is 4.11. The summed E-state index contributed by atoms with van der Waals surface area (Å²) in [6, 6.07) is 13.6. The number of rotatable bonds is 7. The van der Waals surface area contributed by atoms with E-state index in [0.717, 1.165) is 17.1 Å². The summed E-state index contributed by atoms with van der Waals surface area (Å²) in [5.41, 5.74) is 2.97. The molecule has 0 spiro atoms. The lowest BCUT2D eigenvalue weighted by Gasteiger charge is -2.19. The molecule has 0 aliphatic heterocycles. The van der Waals surface area contributed by atoms with E-state index in [1.54, 1.807) is 6.07 Å². The number of nitrogens with one attached hydrogen (secondary N) is 1. The SMILES string of the molecule is CCOc1ccc(C(=O)NCCOc2ccc(C(C)(C)C)cc2)cc1C. The number of benzene rings is 2. The van der Waals surface area contributed by atoms with E-state index in [9.17, 15) is 4.79 Å².